The molecule has 0 aromatic heterocycles. The zero-order chi connectivity index (χ0) is 8.70. The second-order valence-corrected chi connectivity index (χ2v) is 2.61. The number of carbonyl (C=O) groups is 1. The van der Waals surface area contributed by atoms with Gasteiger partial charge in [0.2, 0.25) is 0 Å². The Labute approximate surface area is 62.0 Å². The lowest BCUT2D eigenvalue weighted by atomic mass is 10.1. The van der Waals surface area contributed by atoms with Gasteiger partial charge in [-0.2, -0.15) is 0 Å². The van der Waals surface area contributed by atoms with E-state index in [4.69, 9.17) is 5.11 Å². The normalized spacial score (nSPS) is 33.1. The van der Waals surface area contributed by atoms with Crippen LogP contribution < -0.4 is 0 Å². The molecule has 1 rings (SSSR count). The van der Waals surface area contributed by atoms with Crippen molar-refractivity contribution in [1.82, 2.24) is 0 Å². The molecule has 11 heavy (non-hydrogen) atoms. The van der Waals surface area contributed by atoms with Crippen molar-refractivity contribution in [1.29, 1.82) is 0 Å². The minimum atomic E-state index is -3.09. The predicted octanol–water partition coefficient (Wildman–Crippen LogP) is 0.177. The Morgan fingerprint density at radius 1 is 1.73 bits per heavy atom. The van der Waals surface area contributed by atoms with E-state index in [-0.39, 0.29) is 0 Å². The Bertz CT molecular complexity index is 192. The second kappa shape index (κ2) is 2.14. The summed E-state index contributed by atoms with van der Waals surface area (Å²) in [5.74, 6) is -4.13. The summed E-state index contributed by atoms with van der Waals surface area (Å²) < 4.78 is 29.0. The number of halogens is 2. The fourth-order valence-electron chi connectivity index (χ4n) is 0.988. The first-order chi connectivity index (χ1) is 5.00. The molecule has 1 aliphatic rings. The molecule has 0 spiro atoms. The molecule has 5 heteroatoms. The zero-order valence-electron chi connectivity index (χ0n) is 5.93. The van der Waals surface area contributed by atoms with Crippen molar-refractivity contribution in [3.05, 3.63) is 0 Å². The van der Waals surface area contributed by atoms with E-state index in [9.17, 15) is 13.6 Å². The molecule has 1 atom stereocenters. The smallest absolute Gasteiger partial charge is 0.320 e. The van der Waals surface area contributed by atoms with E-state index < -0.39 is 30.3 Å². The summed E-state index contributed by atoms with van der Waals surface area (Å²) >= 11 is 0. The minimum absolute atomic E-state index is 0.608. The van der Waals surface area contributed by atoms with Crippen molar-refractivity contribution < 1.29 is 23.4 Å². The quantitative estimate of drug-likeness (QED) is 0.595. The number of esters is 1. The van der Waals surface area contributed by atoms with Crippen LogP contribution in [0.15, 0.2) is 0 Å². The van der Waals surface area contributed by atoms with Crippen LogP contribution in [-0.2, 0) is 9.53 Å². The molecule has 1 saturated carbocycles. The first-order valence-corrected chi connectivity index (χ1v) is 3.07. The Morgan fingerprint density at radius 2 is 2.18 bits per heavy atom. The van der Waals surface area contributed by atoms with Crippen LogP contribution in [0.3, 0.4) is 0 Å². The van der Waals surface area contributed by atoms with E-state index in [0.717, 1.165) is 7.11 Å². The number of methoxy groups -OCH3 is 1. The lowest BCUT2D eigenvalue weighted by Crippen LogP contribution is -2.27. The number of carbonyl (C=O) groups excluding carboxylic acids is 1. The van der Waals surface area contributed by atoms with E-state index in [1.807, 2.05) is 0 Å². The molecule has 1 aliphatic carbocycles. The Morgan fingerprint density at radius 3 is 2.27 bits per heavy atom. The molecule has 0 bridgehead atoms. The van der Waals surface area contributed by atoms with Crippen LogP contribution in [0, 0.1) is 5.41 Å². The highest BCUT2D eigenvalue weighted by Gasteiger charge is 2.76. The van der Waals surface area contributed by atoms with Crippen LogP contribution in [0.5, 0.6) is 0 Å². The number of hydrogen-bond donors (Lipinski definition) is 1. The summed E-state index contributed by atoms with van der Waals surface area (Å²) in [5.41, 5.74) is -1.94. The van der Waals surface area contributed by atoms with E-state index >= 15 is 0 Å². The highest BCUT2D eigenvalue weighted by atomic mass is 19.3. The van der Waals surface area contributed by atoms with Gasteiger partial charge in [-0.15, -0.1) is 0 Å². The molecule has 0 radical (unpaired) electrons. The summed E-state index contributed by atoms with van der Waals surface area (Å²) in [6, 6.07) is 0. The largest absolute Gasteiger partial charge is 0.468 e. The molecule has 0 aromatic carbocycles. The number of hydrogen-bond acceptors (Lipinski definition) is 3. The third-order valence-corrected chi connectivity index (χ3v) is 1.94. The summed E-state index contributed by atoms with van der Waals surface area (Å²) in [7, 11) is 1.02. The van der Waals surface area contributed by atoms with Crippen LogP contribution >= 0.6 is 0 Å². The van der Waals surface area contributed by atoms with Crippen LogP contribution in [0.4, 0.5) is 8.78 Å². The molecule has 3 nitrogen and oxygen atoms in total. The van der Waals surface area contributed by atoms with Gasteiger partial charge in [-0.1, -0.05) is 0 Å². The van der Waals surface area contributed by atoms with E-state index in [2.05, 4.69) is 4.74 Å². The van der Waals surface area contributed by atoms with Gasteiger partial charge in [-0.25, -0.2) is 8.78 Å². The minimum Gasteiger partial charge on any atom is -0.468 e. The van der Waals surface area contributed by atoms with Gasteiger partial charge in [-0.05, 0) is 0 Å². The maximum absolute atomic E-state index is 12.4. The molecule has 64 valence electrons. The average Bonchev–Trinajstić information content (AvgIpc) is 2.53. The average molecular weight is 166 g/mol. The van der Waals surface area contributed by atoms with Gasteiger partial charge in [-0.3, -0.25) is 4.79 Å². The van der Waals surface area contributed by atoms with Crippen LogP contribution in [0.2, 0.25) is 0 Å². The number of ether oxygens (including phenoxy) is 1. The summed E-state index contributed by atoms with van der Waals surface area (Å²) in [6.07, 6.45) is -0.608. The standard InChI is InChI=1S/C6H8F2O3/c1-11-4(10)5(3-9)2-6(5,7)8/h9H,2-3H2,1H3. The van der Waals surface area contributed by atoms with Gasteiger partial charge < -0.3 is 9.84 Å². The highest BCUT2D eigenvalue weighted by Crippen LogP contribution is 2.60. The van der Waals surface area contributed by atoms with Gasteiger partial charge in [0.25, 0.3) is 5.92 Å². The lowest BCUT2D eigenvalue weighted by Gasteiger charge is -2.08. The second-order valence-electron chi connectivity index (χ2n) is 2.61. The fraction of sp³-hybridized carbons (Fsp3) is 0.833. The van der Waals surface area contributed by atoms with Crippen LogP contribution in [0.1, 0.15) is 6.42 Å². The first kappa shape index (κ1) is 8.39. The maximum Gasteiger partial charge on any atom is 0.320 e. The number of aliphatic hydroxyl groups excluding tert-OH is 1. The van der Waals surface area contributed by atoms with Gasteiger partial charge in [0.1, 0.15) is 0 Å². The third kappa shape index (κ3) is 0.910. The Hall–Kier alpha value is -0.710. The van der Waals surface area contributed by atoms with Crippen LogP contribution in [-0.4, -0.2) is 30.7 Å². The topological polar surface area (TPSA) is 46.5 Å². The monoisotopic (exact) mass is 166 g/mol. The molecule has 0 heterocycles. The molecular weight excluding hydrogens is 158 g/mol. The number of aliphatic hydroxyl groups is 1. The van der Waals surface area contributed by atoms with Crippen LogP contribution in [0.25, 0.3) is 0 Å². The zero-order valence-corrected chi connectivity index (χ0v) is 5.93. The predicted molar refractivity (Wildman–Crippen MR) is 31.1 cm³/mol. The molecule has 1 fully saturated rings. The van der Waals surface area contributed by atoms with E-state index in [1.54, 1.807) is 0 Å². The highest BCUT2D eigenvalue weighted by molar-refractivity contribution is 5.82. The molecule has 0 saturated heterocycles. The fourth-order valence-corrected chi connectivity index (χ4v) is 0.988. The first-order valence-electron chi connectivity index (χ1n) is 3.07. The Balaban J connectivity index is 2.75. The lowest BCUT2D eigenvalue weighted by molar-refractivity contribution is -0.153. The van der Waals surface area contributed by atoms with Gasteiger partial charge >= 0.3 is 5.97 Å². The molecule has 0 aromatic rings. The van der Waals surface area contributed by atoms with Crippen molar-refractivity contribution in [2.24, 2.45) is 5.41 Å². The summed E-state index contributed by atoms with van der Waals surface area (Å²) in [6.45, 7) is -0.854. The number of rotatable bonds is 2. The van der Waals surface area contributed by atoms with E-state index in [1.165, 1.54) is 0 Å². The van der Waals surface area contributed by atoms with Gasteiger partial charge in [0, 0.05) is 6.42 Å². The van der Waals surface area contributed by atoms with E-state index in [0.29, 0.717) is 0 Å². The van der Waals surface area contributed by atoms with Crippen molar-refractivity contribution in [2.45, 2.75) is 12.3 Å². The molecular formula is C6H8F2O3. The van der Waals surface area contributed by atoms with Crippen molar-refractivity contribution >= 4 is 5.97 Å². The molecule has 0 amide bonds. The maximum atomic E-state index is 12.4. The Kier molecular flexibility index (Phi) is 1.63. The molecule has 0 aliphatic heterocycles. The van der Waals surface area contributed by atoms with Gasteiger partial charge in [0.05, 0.1) is 13.7 Å². The van der Waals surface area contributed by atoms with Gasteiger partial charge in [0.15, 0.2) is 5.41 Å². The number of alkyl halides is 2. The van der Waals surface area contributed by atoms with Crippen molar-refractivity contribution in [3.8, 4) is 0 Å². The van der Waals surface area contributed by atoms with Crippen molar-refractivity contribution in [2.75, 3.05) is 13.7 Å². The molecule has 1 unspecified atom stereocenters. The van der Waals surface area contributed by atoms with Crippen molar-refractivity contribution in [3.63, 3.8) is 0 Å². The summed E-state index contributed by atoms with van der Waals surface area (Å²) in [4.78, 5) is 10.7. The third-order valence-electron chi connectivity index (χ3n) is 1.94. The molecule has 1 N–H and O–H groups in total. The SMILES string of the molecule is COC(=O)C1(CO)CC1(F)F. The summed E-state index contributed by atoms with van der Waals surface area (Å²) in [5, 5.41) is 8.51.